The number of rotatable bonds is 2. The smallest absolute Gasteiger partial charge is 0.231 e. The van der Waals surface area contributed by atoms with Crippen molar-refractivity contribution in [1.82, 2.24) is 0 Å². The zero-order valence-electron chi connectivity index (χ0n) is 9.82. The number of benzene rings is 1. The molecular formula is C14H17NO2. The molecule has 0 unspecified atom stereocenters. The molecule has 17 heavy (non-hydrogen) atoms. The first-order chi connectivity index (χ1) is 8.38. The molecule has 1 aromatic rings. The fourth-order valence-corrected chi connectivity index (χ4v) is 3.62. The number of nitrogens with one attached hydrogen (secondary N) is 1. The summed E-state index contributed by atoms with van der Waals surface area (Å²) < 4.78 is 10.7. The molecule has 1 aromatic carbocycles. The minimum absolute atomic E-state index is 0.354. The van der Waals surface area contributed by atoms with Crippen molar-refractivity contribution in [2.24, 2.45) is 11.8 Å². The molecule has 0 aromatic heterocycles. The van der Waals surface area contributed by atoms with E-state index in [-0.39, 0.29) is 0 Å². The van der Waals surface area contributed by atoms with Crippen LogP contribution in [0.2, 0.25) is 0 Å². The lowest BCUT2D eigenvalue weighted by Gasteiger charge is -2.24. The summed E-state index contributed by atoms with van der Waals surface area (Å²) in [6.45, 7) is 0.354. The number of hydrogen-bond acceptors (Lipinski definition) is 3. The van der Waals surface area contributed by atoms with E-state index >= 15 is 0 Å². The highest BCUT2D eigenvalue weighted by molar-refractivity contribution is 5.56. The van der Waals surface area contributed by atoms with Crippen LogP contribution < -0.4 is 14.8 Å². The molecule has 4 rings (SSSR count). The summed E-state index contributed by atoms with van der Waals surface area (Å²) in [4.78, 5) is 0. The minimum atomic E-state index is 0.354. The third kappa shape index (κ3) is 1.56. The Kier molecular flexibility index (Phi) is 2.01. The Morgan fingerprint density at radius 2 is 2.00 bits per heavy atom. The van der Waals surface area contributed by atoms with Crippen molar-refractivity contribution in [3.05, 3.63) is 18.2 Å². The van der Waals surface area contributed by atoms with Crippen molar-refractivity contribution in [1.29, 1.82) is 0 Å². The average molecular weight is 231 g/mol. The largest absolute Gasteiger partial charge is 0.454 e. The van der Waals surface area contributed by atoms with Gasteiger partial charge in [0, 0.05) is 17.8 Å². The van der Waals surface area contributed by atoms with Gasteiger partial charge in [0.05, 0.1) is 0 Å². The van der Waals surface area contributed by atoms with Gasteiger partial charge in [-0.15, -0.1) is 0 Å². The van der Waals surface area contributed by atoms with Crippen molar-refractivity contribution in [3.8, 4) is 11.5 Å². The predicted molar refractivity (Wildman–Crippen MR) is 65.4 cm³/mol. The second-order valence-corrected chi connectivity index (χ2v) is 5.49. The highest BCUT2D eigenvalue weighted by Gasteiger charge is 2.39. The topological polar surface area (TPSA) is 30.5 Å². The number of fused-ring (bicyclic) bond motifs is 3. The Balaban J connectivity index is 1.52. The van der Waals surface area contributed by atoms with Crippen LogP contribution in [-0.2, 0) is 0 Å². The van der Waals surface area contributed by atoms with E-state index in [1.54, 1.807) is 0 Å². The molecular weight excluding hydrogens is 214 g/mol. The van der Waals surface area contributed by atoms with Gasteiger partial charge in [-0.25, -0.2) is 0 Å². The summed E-state index contributed by atoms with van der Waals surface area (Å²) >= 11 is 0. The molecule has 2 bridgehead atoms. The summed E-state index contributed by atoms with van der Waals surface area (Å²) in [5.74, 6) is 3.61. The van der Waals surface area contributed by atoms with Crippen LogP contribution in [0.25, 0.3) is 0 Å². The molecule has 3 nitrogen and oxygen atoms in total. The van der Waals surface area contributed by atoms with Gasteiger partial charge < -0.3 is 14.8 Å². The van der Waals surface area contributed by atoms with Gasteiger partial charge in [0.1, 0.15) is 0 Å². The molecule has 0 amide bonds. The van der Waals surface area contributed by atoms with E-state index in [0.717, 1.165) is 23.3 Å². The number of anilines is 1. The molecule has 90 valence electrons. The molecule has 3 heteroatoms. The average Bonchev–Trinajstić information content (AvgIpc) is 3.03. The molecule has 1 N–H and O–H groups in total. The molecule has 2 fully saturated rings. The quantitative estimate of drug-likeness (QED) is 0.848. The van der Waals surface area contributed by atoms with Crippen molar-refractivity contribution in [2.75, 3.05) is 12.1 Å². The third-order valence-corrected chi connectivity index (χ3v) is 4.46. The first-order valence-electron chi connectivity index (χ1n) is 6.55. The second-order valence-electron chi connectivity index (χ2n) is 5.49. The maximum atomic E-state index is 5.40. The number of ether oxygens (including phenoxy) is 2. The standard InChI is InChI=1S/C14H17NO2/c1-2-10-5-9(1)6-12(10)15-11-3-4-13-14(7-11)17-8-16-13/h3-4,7,9-10,12,15H,1-2,5-6,8H2/t9-,10-,12+/m1/s1. The Bertz CT molecular complexity index is 446. The van der Waals surface area contributed by atoms with Crippen LogP contribution in [0.5, 0.6) is 11.5 Å². The Morgan fingerprint density at radius 1 is 1.06 bits per heavy atom. The Labute approximate surface area is 101 Å². The van der Waals surface area contributed by atoms with Gasteiger partial charge in [0.25, 0.3) is 0 Å². The SMILES string of the molecule is c1cc2c(cc1N[C@H]1C[C@@H]3CC[C@@H]1C3)OCO2. The normalized spacial score (nSPS) is 33.1. The van der Waals surface area contributed by atoms with Gasteiger partial charge in [0.15, 0.2) is 11.5 Å². The van der Waals surface area contributed by atoms with Crippen molar-refractivity contribution < 1.29 is 9.47 Å². The molecule has 1 aliphatic heterocycles. The van der Waals surface area contributed by atoms with Crippen molar-refractivity contribution in [2.45, 2.75) is 31.7 Å². The van der Waals surface area contributed by atoms with E-state index in [4.69, 9.17) is 9.47 Å². The van der Waals surface area contributed by atoms with Crippen LogP contribution in [0.4, 0.5) is 5.69 Å². The van der Waals surface area contributed by atoms with Gasteiger partial charge in [-0.3, -0.25) is 0 Å². The van der Waals surface area contributed by atoms with E-state index in [9.17, 15) is 0 Å². The molecule has 2 saturated carbocycles. The first kappa shape index (κ1) is 9.63. The maximum Gasteiger partial charge on any atom is 0.231 e. The predicted octanol–water partition coefficient (Wildman–Crippen LogP) is 3.02. The van der Waals surface area contributed by atoms with E-state index in [2.05, 4.69) is 17.4 Å². The van der Waals surface area contributed by atoms with E-state index in [0.29, 0.717) is 12.8 Å². The maximum absolute atomic E-state index is 5.40. The van der Waals surface area contributed by atoms with Crippen LogP contribution >= 0.6 is 0 Å². The fourth-order valence-electron chi connectivity index (χ4n) is 3.62. The summed E-state index contributed by atoms with van der Waals surface area (Å²) in [5, 5.41) is 3.67. The molecule has 2 aliphatic carbocycles. The minimum Gasteiger partial charge on any atom is -0.454 e. The summed E-state index contributed by atoms with van der Waals surface area (Å²) in [6, 6.07) is 6.83. The Hall–Kier alpha value is -1.38. The van der Waals surface area contributed by atoms with Gasteiger partial charge in [0.2, 0.25) is 6.79 Å². The first-order valence-corrected chi connectivity index (χ1v) is 6.55. The van der Waals surface area contributed by atoms with E-state index in [1.165, 1.54) is 31.4 Å². The van der Waals surface area contributed by atoms with E-state index in [1.807, 2.05) is 6.07 Å². The highest BCUT2D eigenvalue weighted by Crippen LogP contribution is 2.46. The molecule has 0 radical (unpaired) electrons. The second kappa shape index (κ2) is 3.56. The summed E-state index contributed by atoms with van der Waals surface area (Å²) in [7, 11) is 0. The molecule has 1 heterocycles. The van der Waals surface area contributed by atoms with Gasteiger partial charge in [-0.2, -0.15) is 0 Å². The van der Waals surface area contributed by atoms with E-state index < -0.39 is 0 Å². The van der Waals surface area contributed by atoms with Crippen LogP contribution in [0.3, 0.4) is 0 Å². The third-order valence-electron chi connectivity index (χ3n) is 4.46. The van der Waals surface area contributed by atoms with Crippen LogP contribution in [0.1, 0.15) is 25.7 Å². The highest BCUT2D eigenvalue weighted by atomic mass is 16.7. The van der Waals surface area contributed by atoms with Gasteiger partial charge >= 0.3 is 0 Å². The molecule has 0 saturated heterocycles. The van der Waals surface area contributed by atoms with Crippen LogP contribution in [-0.4, -0.2) is 12.8 Å². The number of hydrogen-bond donors (Lipinski definition) is 1. The van der Waals surface area contributed by atoms with Crippen LogP contribution in [0, 0.1) is 11.8 Å². The fraction of sp³-hybridized carbons (Fsp3) is 0.571. The van der Waals surface area contributed by atoms with Crippen molar-refractivity contribution in [3.63, 3.8) is 0 Å². The lowest BCUT2D eigenvalue weighted by molar-refractivity contribution is 0.174. The molecule has 3 aliphatic rings. The summed E-state index contributed by atoms with van der Waals surface area (Å²) in [6.07, 6.45) is 5.64. The zero-order valence-corrected chi connectivity index (χ0v) is 9.82. The zero-order chi connectivity index (χ0) is 11.2. The Morgan fingerprint density at radius 3 is 2.82 bits per heavy atom. The monoisotopic (exact) mass is 231 g/mol. The lowest BCUT2D eigenvalue weighted by atomic mass is 9.95. The van der Waals surface area contributed by atoms with Crippen molar-refractivity contribution >= 4 is 5.69 Å². The van der Waals surface area contributed by atoms with Gasteiger partial charge in [-0.05, 0) is 43.2 Å². The summed E-state index contributed by atoms with van der Waals surface area (Å²) in [5.41, 5.74) is 1.17. The lowest BCUT2D eigenvalue weighted by Crippen LogP contribution is -2.25. The van der Waals surface area contributed by atoms with Gasteiger partial charge in [-0.1, -0.05) is 6.42 Å². The molecule has 3 atom stereocenters. The van der Waals surface area contributed by atoms with Crippen LogP contribution in [0.15, 0.2) is 18.2 Å². The molecule has 0 spiro atoms.